The molecule has 61 heavy (non-hydrogen) atoms. The van der Waals surface area contributed by atoms with Gasteiger partial charge in [-0.25, -0.2) is 0 Å². The average Bonchev–Trinajstić information content (AvgIpc) is 3.32. The Kier molecular flexibility index (Phi) is 10.2. The van der Waals surface area contributed by atoms with Gasteiger partial charge in [-0.1, -0.05) is 182 Å². The molecule has 0 radical (unpaired) electrons. The van der Waals surface area contributed by atoms with E-state index in [0.29, 0.717) is 0 Å². The number of hydrogen-bond acceptors (Lipinski definition) is 2. The van der Waals surface area contributed by atoms with E-state index in [4.69, 9.17) is 0 Å². The highest BCUT2D eigenvalue weighted by Gasteiger charge is 2.19. The van der Waals surface area contributed by atoms with Crippen molar-refractivity contribution in [2.45, 2.75) is 19.9 Å². The molecule has 0 aliphatic carbocycles. The molecule has 292 valence electrons. The quantitative estimate of drug-likeness (QED) is 0.150. The lowest BCUT2D eigenvalue weighted by Gasteiger charge is -2.22. The summed E-state index contributed by atoms with van der Waals surface area (Å²) in [6.07, 6.45) is 4.69. The van der Waals surface area contributed by atoms with Crippen molar-refractivity contribution in [2.75, 3.05) is 10.6 Å². The molecular formula is C59H46N2. The van der Waals surface area contributed by atoms with Crippen molar-refractivity contribution in [1.29, 1.82) is 0 Å². The lowest BCUT2D eigenvalue weighted by Crippen LogP contribution is -2.12. The van der Waals surface area contributed by atoms with Gasteiger partial charge in [-0.3, -0.25) is 0 Å². The van der Waals surface area contributed by atoms with Gasteiger partial charge in [-0.15, -0.1) is 0 Å². The van der Waals surface area contributed by atoms with E-state index in [1.54, 1.807) is 0 Å². The largest absolute Gasteiger partial charge is 0.379 e. The highest BCUT2D eigenvalue weighted by molar-refractivity contribution is 6.01. The highest BCUT2D eigenvalue weighted by Crippen LogP contribution is 2.44. The molecule has 0 saturated heterocycles. The molecule has 0 spiro atoms. The van der Waals surface area contributed by atoms with Gasteiger partial charge in [0.25, 0.3) is 0 Å². The molecule has 2 bridgehead atoms. The molecule has 2 nitrogen and oxygen atoms in total. The fraction of sp³-hybridized carbons (Fsp3) is 0.0508. The summed E-state index contributed by atoms with van der Waals surface area (Å²) in [5.41, 5.74) is 19.9. The Labute approximate surface area is 359 Å². The van der Waals surface area contributed by atoms with Crippen molar-refractivity contribution in [3.05, 3.63) is 236 Å². The summed E-state index contributed by atoms with van der Waals surface area (Å²) >= 11 is 0. The van der Waals surface area contributed by atoms with E-state index >= 15 is 0 Å². The van der Waals surface area contributed by atoms with Crippen molar-refractivity contribution in [1.82, 2.24) is 0 Å². The minimum Gasteiger partial charge on any atom is -0.379 e. The summed E-state index contributed by atoms with van der Waals surface area (Å²) in [6.45, 7) is 4.44. The minimum absolute atomic E-state index is 0.0253. The highest BCUT2D eigenvalue weighted by atomic mass is 14.9. The van der Waals surface area contributed by atoms with Crippen LogP contribution < -0.4 is 10.6 Å². The second-order valence-corrected chi connectivity index (χ2v) is 16.0. The molecule has 0 saturated carbocycles. The summed E-state index contributed by atoms with van der Waals surface area (Å²) in [4.78, 5) is 0. The number of nitrogens with one attached hydrogen (secondary N) is 2. The third-order valence-electron chi connectivity index (χ3n) is 11.8. The number of allylic oxidation sites excluding steroid dienone is 3. The second-order valence-electron chi connectivity index (χ2n) is 16.0. The van der Waals surface area contributed by atoms with Crippen LogP contribution in [0.2, 0.25) is 0 Å². The summed E-state index contributed by atoms with van der Waals surface area (Å²) in [6, 6.07) is 76.8. The number of rotatable bonds is 8. The van der Waals surface area contributed by atoms with Crippen LogP contribution in [-0.2, 0) is 0 Å². The molecule has 0 aromatic heterocycles. The molecule has 0 fully saturated rings. The van der Waals surface area contributed by atoms with Crippen LogP contribution in [0.4, 0.5) is 17.1 Å². The van der Waals surface area contributed by atoms with Crippen molar-refractivity contribution >= 4 is 39.0 Å². The smallest absolute Gasteiger partial charge is 0.0470 e. The number of hydrogen-bond donors (Lipinski definition) is 2. The monoisotopic (exact) mass is 782 g/mol. The molecule has 1 heterocycles. The predicted octanol–water partition coefficient (Wildman–Crippen LogP) is 16.2. The van der Waals surface area contributed by atoms with Crippen LogP contribution in [-0.4, -0.2) is 6.04 Å². The first-order valence-corrected chi connectivity index (χ1v) is 21.1. The maximum Gasteiger partial charge on any atom is 0.0470 e. The first-order chi connectivity index (χ1) is 30.0. The van der Waals surface area contributed by atoms with E-state index in [1.165, 1.54) is 72.0 Å². The molecule has 9 aromatic rings. The molecular weight excluding hydrogens is 737 g/mol. The fourth-order valence-corrected chi connectivity index (χ4v) is 8.70. The third-order valence-corrected chi connectivity index (χ3v) is 11.8. The molecule has 10 rings (SSSR count). The third kappa shape index (κ3) is 7.92. The molecule has 2 heteroatoms. The Balaban J connectivity index is 1.04. The average molecular weight is 783 g/mol. The van der Waals surface area contributed by atoms with Gasteiger partial charge in [0.05, 0.1) is 0 Å². The van der Waals surface area contributed by atoms with Gasteiger partial charge in [-0.05, 0) is 134 Å². The van der Waals surface area contributed by atoms with E-state index in [1.807, 2.05) is 0 Å². The zero-order chi connectivity index (χ0) is 41.1. The van der Waals surface area contributed by atoms with Crippen LogP contribution in [0.1, 0.15) is 25.0 Å². The normalized spacial score (nSPS) is 12.7. The summed E-state index contributed by atoms with van der Waals surface area (Å²) in [5, 5.41) is 10.2. The zero-order valence-electron chi connectivity index (χ0n) is 34.4. The van der Waals surface area contributed by atoms with Crippen molar-refractivity contribution in [3.63, 3.8) is 0 Å². The first kappa shape index (κ1) is 37.6. The van der Waals surface area contributed by atoms with Crippen LogP contribution in [0.15, 0.2) is 224 Å². The summed E-state index contributed by atoms with van der Waals surface area (Å²) < 4.78 is 0. The number of fused-ring (bicyclic) bond motifs is 9. The summed E-state index contributed by atoms with van der Waals surface area (Å²) in [7, 11) is 0. The molecule has 1 unspecified atom stereocenters. The lowest BCUT2D eigenvalue weighted by atomic mass is 9.88. The van der Waals surface area contributed by atoms with Gasteiger partial charge in [0.1, 0.15) is 0 Å². The van der Waals surface area contributed by atoms with Gasteiger partial charge >= 0.3 is 0 Å². The Bertz CT molecular complexity index is 3080. The Morgan fingerprint density at radius 2 is 1.02 bits per heavy atom. The van der Waals surface area contributed by atoms with Crippen molar-refractivity contribution in [3.8, 4) is 55.6 Å². The van der Waals surface area contributed by atoms with Gasteiger partial charge in [0.15, 0.2) is 0 Å². The van der Waals surface area contributed by atoms with Crippen molar-refractivity contribution < 1.29 is 0 Å². The van der Waals surface area contributed by atoms with Crippen LogP contribution >= 0.6 is 0 Å². The Morgan fingerprint density at radius 3 is 1.79 bits per heavy atom. The Hall–Kier alpha value is -7.68. The summed E-state index contributed by atoms with van der Waals surface area (Å²) in [5.74, 6) is 0. The fourth-order valence-electron chi connectivity index (χ4n) is 8.70. The standard InChI is InChI=1S/C59H46N2/c1-40(42-15-5-3-6-16-42)33-52(34-41(2)60-53-24-14-21-46(36-53)45-29-27-44(28-30-45)43-17-7-4-8-18-43)49-31-32-58-56(37-49)51-23-13-22-50(35-51)54-25-11-12-26-55(54)57-38-47-19-9-10-20-48(47)39-59(57)61-58/h3-39,41,60-61H,1-2H3/b40-33+,52-34+. The maximum absolute atomic E-state index is 3.94. The molecule has 1 aliphatic rings. The van der Waals surface area contributed by atoms with E-state index in [2.05, 4.69) is 249 Å². The Morgan fingerprint density at radius 1 is 0.426 bits per heavy atom. The predicted molar refractivity (Wildman–Crippen MR) is 262 cm³/mol. The minimum atomic E-state index is 0.0253. The van der Waals surface area contributed by atoms with E-state index in [-0.39, 0.29) is 6.04 Å². The topological polar surface area (TPSA) is 24.1 Å². The lowest BCUT2D eigenvalue weighted by molar-refractivity contribution is 1.00. The van der Waals surface area contributed by atoms with Gasteiger partial charge < -0.3 is 10.6 Å². The van der Waals surface area contributed by atoms with Crippen LogP contribution in [0.5, 0.6) is 0 Å². The van der Waals surface area contributed by atoms with Crippen LogP contribution in [0.3, 0.4) is 0 Å². The van der Waals surface area contributed by atoms with E-state index in [9.17, 15) is 0 Å². The molecule has 9 aromatic carbocycles. The van der Waals surface area contributed by atoms with Crippen LogP contribution in [0.25, 0.3) is 77.6 Å². The zero-order valence-corrected chi connectivity index (χ0v) is 34.4. The van der Waals surface area contributed by atoms with Gasteiger partial charge in [-0.2, -0.15) is 0 Å². The van der Waals surface area contributed by atoms with Crippen LogP contribution in [0, 0.1) is 0 Å². The van der Waals surface area contributed by atoms with E-state index < -0.39 is 0 Å². The molecule has 2 N–H and O–H groups in total. The first-order valence-electron chi connectivity index (χ1n) is 21.1. The van der Waals surface area contributed by atoms with Gasteiger partial charge in [0.2, 0.25) is 0 Å². The second kappa shape index (κ2) is 16.5. The number of benzene rings is 9. The molecule has 1 aliphatic heterocycles. The molecule has 0 amide bonds. The number of anilines is 3. The molecule has 1 atom stereocenters. The maximum atomic E-state index is 3.94. The van der Waals surface area contributed by atoms with E-state index in [0.717, 1.165) is 33.8 Å². The SMILES string of the molecule is C/C(=C\C(=C/C(C)Nc1cccc(-c2ccc(-c3ccccc3)cc2)c1)c1ccc2c(c1)-c1cccc(c1)-c1ccccc1-c1cc3ccccc3cc1N2)c1ccccc1. The van der Waals surface area contributed by atoms with Gasteiger partial charge in [0, 0.05) is 34.2 Å². The van der Waals surface area contributed by atoms with Crippen molar-refractivity contribution in [2.24, 2.45) is 0 Å².